The maximum atomic E-state index is 11.3. The molecule has 0 aliphatic rings. The lowest BCUT2D eigenvalue weighted by Crippen LogP contribution is -2.07. The molecule has 0 aromatic heterocycles. The van der Waals surface area contributed by atoms with Gasteiger partial charge in [-0.05, 0) is 18.6 Å². The lowest BCUT2D eigenvalue weighted by Gasteiger charge is -2.04. The van der Waals surface area contributed by atoms with Crippen molar-refractivity contribution in [3.8, 4) is 11.8 Å². The van der Waals surface area contributed by atoms with E-state index in [-0.39, 0.29) is 23.3 Å². The van der Waals surface area contributed by atoms with E-state index in [9.17, 15) is 19.8 Å². The minimum absolute atomic E-state index is 0.0218. The van der Waals surface area contributed by atoms with Gasteiger partial charge in [0.25, 0.3) is 0 Å². The molecule has 0 spiro atoms. The van der Waals surface area contributed by atoms with Crippen LogP contribution < -0.4 is 0 Å². The van der Waals surface area contributed by atoms with Crippen LogP contribution in [-0.2, 0) is 4.74 Å². The Kier molecular flexibility index (Phi) is 17.6. The summed E-state index contributed by atoms with van der Waals surface area (Å²) in [5, 5.41) is 18.5. The van der Waals surface area contributed by atoms with Crippen molar-refractivity contribution in [2.75, 3.05) is 13.2 Å². The Morgan fingerprint density at radius 1 is 0.706 bits per heavy atom. The Bertz CT molecular complexity index is 727. The van der Waals surface area contributed by atoms with Gasteiger partial charge in [-0.3, -0.25) is 0 Å². The molecule has 0 heterocycles. The fourth-order valence-corrected chi connectivity index (χ4v) is 4.04. The first kappa shape index (κ1) is 29.7. The Morgan fingerprint density at radius 3 is 1.53 bits per heavy atom. The third-order valence-corrected chi connectivity index (χ3v) is 6.06. The fourth-order valence-electron chi connectivity index (χ4n) is 4.04. The van der Waals surface area contributed by atoms with Crippen LogP contribution in [0.25, 0.3) is 0 Å². The van der Waals surface area contributed by atoms with Gasteiger partial charge in [0, 0.05) is 6.61 Å². The van der Waals surface area contributed by atoms with Gasteiger partial charge < -0.3 is 14.9 Å². The van der Waals surface area contributed by atoms with Crippen LogP contribution in [0.15, 0.2) is 18.2 Å². The second-order valence-corrected chi connectivity index (χ2v) is 9.00. The zero-order chi connectivity index (χ0) is 24.9. The zero-order valence-corrected chi connectivity index (χ0v) is 21.1. The molecule has 0 unspecified atom stereocenters. The molecule has 0 saturated heterocycles. The molecule has 0 radical (unpaired) electrons. The van der Waals surface area contributed by atoms with Gasteiger partial charge in [-0.15, -0.1) is 0 Å². The van der Waals surface area contributed by atoms with Crippen LogP contribution >= 0.6 is 0 Å². The highest BCUT2D eigenvalue weighted by atomic mass is 16.5. The first-order chi connectivity index (χ1) is 16.6. The van der Waals surface area contributed by atoms with Crippen molar-refractivity contribution in [1.82, 2.24) is 0 Å². The molecule has 0 saturated carbocycles. The van der Waals surface area contributed by atoms with Gasteiger partial charge >= 0.3 is 11.9 Å². The Hall–Kier alpha value is -2.32. The highest BCUT2D eigenvalue weighted by Gasteiger charge is 2.16. The van der Waals surface area contributed by atoms with Gasteiger partial charge in [0.15, 0.2) is 0 Å². The summed E-state index contributed by atoms with van der Waals surface area (Å²) in [6.07, 6.45) is 21.2. The number of carbonyl (C=O) groups is 2. The highest BCUT2D eigenvalue weighted by molar-refractivity contribution is 5.98. The molecule has 0 aliphatic carbocycles. The topological polar surface area (TPSA) is 83.8 Å². The second-order valence-electron chi connectivity index (χ2n) is 9.00. The van der Waals surface area contributed by atoms with Crippen molar-refractivity contribution in [3.05, 3.63) is 34.9 Å². The number of aromatic carboxylic acids is 2. The highest BCUT2D eigenvalue weighted by Crippen LogP contribution is 2.15. The molecule has 0 aliphatic heterocycles. The largest absolute Gasteiger partial charge is 0.478 e. The third kappa shape index (κ3) is 14.1. The molecule has 0 amide bonds. The molecule has 1 aromatic carbocycles. The van der Waals surface area contributed by atoms with Crippen molar-refractivity contribution in [2.24, 2.45) is 0 Å². The van der Waals surface area contributed by atoms with Crippen LogP contribution in [0.1, 0.15) is 136 Å². The van der Waals surface area contributed by atoms with Gasteiger partial charge in [0.2, 0.25) is 0 Å². The molecule has 0 bridgehead atoms. The minimum Gasteiger partial charge on any atom is -0.478 e. The second kappa shape index (κ2) is 20.1. The van der Waals surface area contributed by atoms with Gasteiger partial charge in [-0.1, -0.05) is 121 Å². The molecule has 2 N–H and O–H groups in total. The van der Waals surface area contributed by atoms with Gasteiger partial charge in [0.05, 0.1) is 16.7 Å². The van der Waals surface area contributed by atoms with Crippen LogP contribution in [0.4, 0.5) is 0 Å². The summed E-state index contributed by atoms with van der Waals surface area (Å²) < 4.78 is 5.51. The van der Waals surface area contributed by atoms with Crippen molar-refractivity contribution in [2.45, 2.75) is 110 Å². The van der Waals surface area contributed by atoms with Gasteiger partial charge in [-0.25, -0.2) is 9.59 Å². The Labute approximate surface area is 206 Å². The summed E-state index contributed by atoms with van der Waals surface area (Å²) in [5.41, 5.74) is -0.191. The average molecular weight is 473 g/mol. The number of rotatable bonds is 20. The van der Waals surface area contributed by atoms with Gasteiger partial charge in [0.1, 0.15) is 6.61 Å². The van der Waals surface area contributed by atoms with E-state index >= 15 is 0 Å². The van der Waals surface area contributed by atoms with E-state index in [4.69, 9.17) is 4.74 Å². The molecule has 0 atom stereocenters. The van der Waals surface area contributed by atoms with E-state index < -0.39 is 11.9 Å². The number of ether oxygens (including phenoxy) is 1. The smallest absolute Gasteiger partial charge is 0.336 e. The Balaban J connectivity index is 2.00. The summed E-state index contributed by atoms with van der Waals surface area (Å²) in [5.74, 6) is 3.03. The molecule has 0 fully saturated rings. The van der Waals surface area contributed by atoms with Gasteiger partial charge in [-0.2, -0.15) is 0 Å². The average Bonchev–Trinajstić information content (AvgIpc) is 2.82. The lowest BCUT2D eigenvalue weighted by atomic mass is 10.0. The van der Waals surface area contributed by atoms with E-state index in [1.807, 2.05) is 0 Å². The number of benzene rings is 1. The molecule has 1 rings (SSSR count). The maximum Gasteiger partial charge on any atom is 0.336 e. The minimum atomic E-state index is -1.19. The predicted octanol–water partition coefficient (Wildman–Crippen LogP) is 7.71. The lowest BCUT2D eigenvalue weighted by molar-refractivity contribution is 0.0696. The van der Waals surface area contributed by atoms with Crippen molar-refractivity contribution >= 4 is 11.9 Å². The number of hydrogen-bond donors (Lipinski definition) is 2. The summed E-state index contributed by atoms with van der Waals surface area (Å²) >= 11 is 0. The van der Waals surface area contributed by atoms with Crippen molar-refractivity contribution in [3.63, 3.8) is 0 Å². The number of hydrogen-bond acceptors (Lipinski definition) is 3. The first-order valence-corrected chi connectivity index (χ1v) is 13.2. The molecular weight excluding hydrogens is 428 g/mol. The van der Waals surface area contributed by atoms with Crippen LogP contribution in [0.5, 0.6) is 0 Å². The van der Waals surface area contributed by atoms with Crippen LogP contribution in [-0.4, -0.2) is 35.4 Å². The SMILES string of the molecule is CCCCCCCCCCCCCCCCCCOCC#Cc1c(C(=O)O)cccc1C(=O)O. The summed E-state index contributed by atoms with van der Waals surface area (Å²) in [4.78, 5) is 22.6. The van der Waals surface area contributed by atoms with E-state index in [2.05, 4.69) is 18.8 Å². The normalized spacial score (nSPS) is 10.6. The summed E-state index contributed by atoms with van der Waals surface area (Å²) in [6, 6.07) is 4.12. The molecule has 5 heteroatoms. The number of carboxylic acid groups (broad SMARTS) is 2. The van der Waals surface area contributed by atoms with Crippen molar-refractivity contribution < 1.29 is 24.5 Å². The first-order valence-electron chi connectivity index (χ1n) is 13.2. The Morgan fingerprint density at radius 2 is 1.12 bits per heavy atom. The van der Waals surface area contributed by atoms with E-state index in [1.165, 1.54) is 108 Å². The zero-order valence-electron chi connectivity index (χ0n) is 21.1. The molecular formula is C29H44O5. The van der Waals surface area contributed by atoms with E-state index in [0.29, 0.717) is 6.61 Å². The summed E-state index contributed by atoms with van der Waals surface area (Å²) in [7, 11) is 0. The summed E-state index contributed by atoms with van der Waals surface area (Å²) in [6.45, 7) is 3.04. The molecule has 190 valence electrons. The van der Waals surface area contributed by atoms with Crippen molar-refractivity contribution in [1.29, 1.82) is 0 Å². The van der Waals surface area contributed by atoms with E-state index in [0.717, 1.165) is 12.8 Å². The van der Waals surface area contributed by atoms with E-state index in [1.54, 1.807) is 0 Å². The number of carboxylic acids is 2. The maximum absolute atomic E-state index is 11.3. The molecule has 5 nitrogen and oxygen atoms in total. The standard InChI is InChI=1S/C29H44O5/c1-2-3-4-5-6-7-8-9-10-11-12-13-14-15-16-17-23-34-24-19-22-25-26(28(30)31)20-18-21-27(25)29(32)33/h18,20-21H,2-17,23-24H2,1H3,(H,30,31)(H,32,33). The monoisotopic (exact) mass is 472 g/mol. The fraction of sp³-hybridized carbons (Fsp3) is 0.655. The quantitative estimate of drug-likeness (QED) is 0.150. The molecule has 1 aromatic rings. The van der Waals surface area contributed by atoms with Crippen LogP contribution in [0.3, 0.4) is 0 Å². The van der Waals surface area contributed by atoms with Crippen LogP contribution in [0, 0.1) is 11.8 Å². The number of unbranched alkanes of at least 4 members (excludes halogenated alkanes) is 15. The van der Waals surface area contributed by atoms with Crippen LogP contribution in [0.2, 0.25) is 0 Å². The third-order valence-electron chi connectivity index (χ3n) is 6.06. The predicted molar refractivity (Wildman–Crippen MR) is 138 cm³/mol. The molecule has 34 heavy (non-hydrogen) atoms.